The van der Waals surface area contributed by atoms with Crippen molar-refractivity contribution in [3.8, 4) is 0 Å². The van der Waals surface area contributed by atoms with Gasteiger partial charge in [0.1, 0.15) is 5.82 Å². The Kier molecular flexibility index (Phi) is 4.93. The van der Waals surface area contributed by atoms with E-state index >= 15 is 0 Å². The highest BCUT2D eigenvalue weighted by atomic mass is 16.4. The Morgan fingerprint density at radius 3 is 2.75 bits per heavy atom. The lowest BCUT2D eigenvalue weighted by Gasteiger charge is -2.31. The molecule has 1 fully saturated rings. The number of benzene rings is 1. The Morgan fingerprint density at radius 1 is 1.29 bits per heavy atom. The molecule has 2 aromatic rings. The van der Waals surface area contributed by atoms with Crippen molar-refractivity contribution in [2.24, 2.45) is 5.92 Å². The van der Waals surface area contributed by atoms with Crippen LogP contribution in [0.25, 0.3) is 0 Å². The molecule has 0 amide bonds. The summed E-state index contributed by atoms with van der Waals surface area (Å²) in [7, 11) is 0. The Balaban J connectivity index is 1.72. The highest BCUT2D eigenvalue weighted by Crippen LogP contribution is 2.24. The van der Waals surface area contributed by atoms with Gasteiger partial charge in [0, 0.05) is 25.0 Å². The summed E-state index contributed by atoms with van der Waals surface area (Å²) < 4.78 is 0. The number of carbonyl (C=O) groups is 1. The molecule has 0 atom stereocenters. The third kappa shape index (κ3) is 3.64. The number of aliphatic carboxylic acids is 1. The highest BCUT2D eigenvalue weighted by molar-refractivity contribution is 5.70. The Labute approximate surface area is 141 Å². The molecule has 2 heterocycles. The van der Waals surface area contributed by atoms with Gasteiger partial charge in [0.05, 0.1) is 5.92 Å². The molecule has 3 rings (SSSR count). The van der Waals surface area contributed by atoms with Crippen molar-refractivity contribution < 1.29 is 9.90 Å². The van der Waals surface area contributed by atoms with Crippen LogP contribution in [0.15, 0.2) is 36.5 Å². The number of hydrogen-bond acceptors (Lipinski definition) is 5. The number of nitrogens with one attached hydrogen (secondary N) is 1. The lowest BCUT2D eigenvalue weighted by atomic mass is 9.97. The Hall–Kier alpha value is -2.63. The van der Waals surface area contributed by atoms with Crippen molar-refractivity contribution in [3.05, 3.63) is 42.1 Å². The first-order valence-electron chi connectivity index (χ1n) is 8.33. The summed E-state index contributed by atoms with van der Waals surface area (Å²) in [4.78, 5) is 22.1. The van der Waals surface area contributed by atoms with E-state index < -0.39 is 5.97 Å². The molecule has 1 aliphatic heterocycles. The molecular formula is C18H22N4O2. The molecule has 6 heteroatoms. The van der Waals surface area contributed by atoms with E-state index in [-0.39, 0.29) is 5.92 Å². The molecule has 1 aromatic carbocycles. The summed E-state index contributed by atoms with van der Waals surface area (Å²) in [5.41, 5.74) is 2.23. The van der Waals surface area contributed by atoms with E-state index in [2.05, 4.69) is 33.2 Å². The van der Waals surface area contributed by atoms with Gasteiger partial charge >= 0.3 is 5.97 Å². The highest BCUT2D eigenvalue weighted by Gasteiger charge is 2.25. The van der Waals surface area contributed by atoms with E-state index in [1.165, 1.54) is 5.56 Å². The average molecular weight is 326 g/mol. The smallest absolute Gasteiger partial charge is 0.306 e. The monoisotopic (exact) mass is 326 g/mol. The number of carboxylic acids is 1. The maximum Gasteiger partial charge on any atom is 0.306 e. The van der Waals surface area contributed by atoms with Gasteiger partial charge in [0.25, 0.3) is 0 Å². The minimum Gasteiger partial charge on any atom is -0.481 e. The van der Waals surface area contributed by atoms with Gasteiger partial charge in [-0.2, -0.15) is 4.98 Å². The second-order valence-corrected chi connectivity index (χ2v) is 5.97. The minimum absolute atomic E-state index is 0.239. The molecule has 0 saturated carbocycles. The van der Waals surface area contributed by atoms with Crippen LogP contribution >= 0.6 is 0 Å². The van der Waals surface area contributed by atoms with E-state index in [4.69, 9.17) is 5.11 Å². The third-order valence-electron chi connectivity index (χ3n) is 4.45. The van der Waals surface area contributed by atoms with Crippen molar-refractivity contribution in [1.29, 1.82) is 0 Å². The van der Waals surface area contributed by atoms with Crippen molar-refractivity contribution in [2.75, 3.05) is 23.3 Å². The molecule has 0 radical (unpaired) electrons. The minimum atomic E-state index is -0.698. The van der Waals surface area contributed by atoms with Crippen LogP contribution in [0.4, 0.5) is 17.5 Å². The van der Waals surface area contributed by atoms with E-state index in [1.807, 2.05) is 24.3 Å². The standard InChI is InChI=1S/C18H22N4O2/c1-2-13-5-3-4-6-15(13)20-18-19-10-7-16(21-18)22-11-8-14(9-12-22)17(23)24/h3-7,10,14H,2,8-9,11-12H2,1H3,(H,23,24)(H,19,20,21). The summed E-state index contributed by atoms with van der Waals surface area (Å²) in [5, 5.41) is 12.4. The summed E-state index contributed by atoms with van der Waals surface area (Å²) >= 11 is 0. The lowest BCUT2D eigenvalue weighted by molar-refractivity contribution is -0.142. The fraction of sp³-hybridized carbons (Fsp3) is 0.389. The van der Waals surface area contributed by atoms with Crippen LogP contribution in [-0.4, -0.2) is 34.1 Å². The van der Waals surface area contributed by atoms with Crippen molar-refractivity contribution in [2.45, 2.75) is 26.2 Å². The first-order chi connectivity index (χ1) is 11.7. The van der Waals surface area contributed by atoms with Crippen LogP contribution < -0.4 is 10.2 Å². The zero-order valence-electron chi connectivity index (χ0n) is 13.8. The Bertz CT molecular complexity index is 712. The number of anilines is 3. The van der Waals surface area contributed by atoms with Crippen LogP contribution in [0, 0.1) is 5.92 Å². The fourth-order valence-electron chi connectivity index (χ4n) is 3.01. The molecule has 0 spiro atoms. The number of piperidine rings is 1. The molecule has 0 unspecified atom stereocenters. The van der Waals surface area contributed by atoms with E-state index in [0.717, 1.165) is 17.9 Å². The van der Waals surface area contributed by atoms with Crippen molar-refractivity contribution >= 4 is 23.4 Å². The van der Waals surface area contributed by atoms with Gasteiger partial charge in [-0.15, -0.1) is 0 Å². The maximum absolute atomic E-state index is 11.1. The van der Waals surface area contributed by atoms with Crippen LogP contribution in [0.5, 0.6) is 0 Å². The summed E-state index contributed by atoms with van der Waals surface area (Å²) in [6.07, 6.45) is 3.98. The number of rotatable bonds is 5. The van der Waals surface area contributed by atoms with Crippen LogP contribution in [0.2, 0.25) is 0 Å². The van der Waals surface area contributed by atoms with Gasteiger partial charge in [-0.05, 0) is 37.0 Å². The quantitative estimate of drug-likeness (QED) is 0.879. The molecule has 6 nitrogen and oxygen atoms in total. The topological polar surface area (TPSA) is 78.4 Å². The lowest BCUT2D eigenvalue weighted by Crippen LogP contribution is -2.36. The first kappa shape index (κ1) is 16.2. The van der Waals surface area contributed by atoms with Crippen LogP contribution in [-0.2, 0) is 11.2 Å². The maximum atomic E-state index is 11.1. The summed E-state index contributed by atoms with van der Waals surface area (Å²) in [6, 6.07) is 9.99. The van der Waals surface area contributed by atoms with E-state index in [0.29, 0.717) is 31.9 Å². The Morgan fingerprint density at radius 2 is 2.04 bits per heavy atom. The molecule has 1 aromatic heterocycles. The van der Waals surface area contributed by atoms with E-state index in [1.54, 1.807) is 6.20 Å². The molecule has 0 bridgehead atoms. The number of carboxylic acid groups (broad SMARTS) is 1. The van der Waals surface area contributed by atoms with Gasteiger partial charge in [-0.3, -0.25) is 4.79 Å². The third-order valence-corrected chi connectivity index (χ3v) is 4.45. The molecule has 24 heavy (non-hydrogen) atoms. The molecular weight excluding hydrogens is 304 g/mol. The second kappa shape index (κ2) is 7.29. The SMILES string of the molecule is CCc1ccccc1Nc1nccc(N2CCC(C(=O)O)CC2)n1. The first-order valence-corrected chi connectivity index (χ1v) is 8.33. The molecule has 1 aliphatic rings. The largest absolute Gasteiger partial charge is 0.481 e. The van der Waals surface area contributed by atoms with Gasteiger partial charge in [0.2, 0.25) is 5.95 Å². The summed E-state index contributed by atoms with van der Waals surface area (Å²) in [6.45, 7) is 3.53. The normalized spacial score (nSPS) is 15.3. The average Bonchev–Trinajstić information content (AvgIpc) is 2.62. The number of aromatic nitrogens is 2. The number of hydrogen-bond donors (Lipinski definition) is 2. The fourth-order valence-corrected chi connectivity index (χ4v) is 3.01. The predicted octanol–water partition coefficient (Wildman–Crippen LogP) is 3.08. The van der Waals surface area contributed by atoms with Crippen LogP contribution in [0.3, 0.4) is 0 Å². The van der Waals surface area contributed by atoms with Gasteiger partial charge < -0.3 is 15.3 Å². The number of nitrogens with zero attached hydrogens (tertiary/aromatic N) is 3. The zero-order chi connectivity index (χ0) is 16.9. The number of para-hydroxylation sites is 1. The van der Waals surface area contributed by atoms with Gasteiger partial charge in [-0.1, -0.05) is 25.1 Å². The second-order valence-electron chi connectivity index (χ2n) is 5.97. The summed E-state index contributed by atoms with van der Waals surface area (Å²) in [5.74, 6) is 0.465. The zero-order valence-corrected chi connectivity index (χ0v) is 13.8. The number of aryl methyl sites for hydroxylation is 1. The van der Waals surface area contributed by atoms with Gasteiger partial charge in [-0.25, -0.2) is 4.98 Å². The van der Waals surface area contributed by atoms with Crippen LogP contribution in [0.1, 0.15) is 25.3 Å². The molecule has 126 valence electrons. The van der Waals surface area contributed by atoms with Gasteiger partial charge in [0.15, 0.2) is 0 Å². The predicted molar refractivity (Wildman–Crippen MR) is 93.7 cm³/mol. The van der Waals surface area contributed by atoms with Crippen molar-refractivity contribution in [3.63, 3.8) is 0 Å². The molecule has 0 aliphatic carbocycles. The van der Waals surface area contributed by atoms with E-state index in [9.17, 15) is 4.79 Å². The molecule has 1 saturated heterocycles. The molecule has 2 N–H and O–H groups in total. The van der Waals surface area contributed by atoms with Crippen molar-refractivity contribution in [1.82, 2.24) is 9.97 Å².